The van der Waals surface area contributed by atoms with Gasteiger partial charge in [0.2, 0.25) is 0 Å². The lowest BCUT2D eigenvalue weighted by Crippen LogP contribution is -2.52. The molecular formula is C23H32N2O7. The third-order valence-corrected chi connectivity index (χ3v) is 5.46. The van der Waals surface area contributed by atoms with Gasteiger partial charge >= 0.3 is 12.2 Å². The number of amides is 3. The number of rotatable bonds is 5. The molecule has 0 radical (unpaired) electrons. The van der Waals surface area contributed by atoms with E-state index < -0.39 is 47.6 Å². The molecule has 1 aromatic rings. The molecule has 3 rings (SSSR count). The lowest BCUT2D eigenvalue weighted by molar-refractivity contribution is -0.139. The van der Waals surface area contributed by atoms with E-state index in [9.17, 15) is 19.5 Å². The van der Waals surface area contributed by atoms with E-state index in [1.54, 1.807) is 34.6 Å². The highest BCUT2D eigenvalue weighted by molar-refractivity contribution is 5.95. The Hall–Kier alpha value is -2.65. The largest absolute Gasteiger partial charge is 0.447 e. The molecule has 1 aromatic carbocycles. The summed E-state index contributed by atoms with van der Waals surface area (Å²) in [6.45, 7) is 8.91. The monoisotopic (exact) mass is 448 g/mol. The second-order valence-electron chi connectivity index (χ2n) is 9.64. The normalized spacial score (nSPS) is 23.8. The number of hydrogen-bond acceptors (Lipinski definition) is 7. The predicted octanol–water partition coefficient (Wildman–Crippen LogP) is 2.70. The minimum Gasteiger partial charge on any atom is -0.447 e. The van der Waals surface area contributed by atoms with Crippen molar-refractivity contribution < 1.29 is 33.7 Å². The molecule has 9 nitrogen and oxygen atoms in total. The van der Waals surface area contributed by atoms with Crippen molar-refractivity contribution in [3.8, 4) is 0 Å². The van der Waals surface area contributed by atoms with Gasteiger partial charge in [-0.05, 0) is 46.6 Å². The molecule has 2 heterocycles. The van der Waals surface area contributed by atoms with E-state index in [4.69, 9.17) is 14.2 Å². The van der Waals surface area contributed by atoms with E-state index in [-0.39, 0.29) is 19.6 Å². The minimum atomic E-state index is -1.51. The lowest BCUT2D eigenvalue weighted by atomic mass is 10.0. The number of ether oxygens (including phenoxy) is 3. The summed E-state index contributed by atoms with van der Waals surface area (Å²) >= 11 is 0. The SMILES string of the molecule is CC(C)(C)OC(=O)N1[C@@H](C[C@H](O)C(=O)N2C(=O)OC[C@@H]2Cc2ccccc2)COC1(C)C. The Bertz CT molecular complexity index is 850. The van der Waals surface area contributed by atoms with Gasteiger partial charge in [0.25, 0.3) is 5.91 Å². The highest BCUT2D eigenvalue weighted by Gasteiger charge is 2.48. The summed E-state index contributed by atoms with van der Waals surface area (Å²) in [4.78, 5) is 40.4. The molecule has 9 heteroatoms. The summed E-state index contributed by atoms with van der Waals surface area (Å²) in [6, 6.07) is 8.34. The number of carbonyl (C=O) groups excluding carboxylic acids is 3. The van der Waals surface area contributed by atoms with E-state index in [0.29, 0.717) is 6.42 Å². The first kappa shape index (κ1) is 24.0. The van der Waals surface area contributed by atoms with E-state index in [1.165, 1.54) is 4.90 Å². The summed E-state index contributed by atoms with van der Waals surface area (Å²) in [5, 5.41) is 10.7. The number of nitrogens with zero attached hydrogens (tertiary/aromatic N) is 2. The molecule has 2 saturated heterocycles. The van der Waals surface area contributed by atoms with E-state index in [0.717, 1.165) is 10.5 Å². The maximum Gasteiger partial charge on any atom is 0.417 e. The Morgan fingerprint density at radius 1 is 1.19 bits per heavy atom. The van der Waals surface area contributed by atoms with Gasteiger partial charge in [-0.15, -0.1) is 0 Å². The second kappa shape index (κ2) is 9.07. The van der Waals surface area contributed by atoms with Gasteiger partial charge in [0, 0.05) is 6.42 Å². The minimum absolute atomic E-state index is 0.0653. The Balaban J connectivity index is 1.70. The molecule has 2 aliphatic heterocycles. The van der Waals surface area contributed by atoms with Crippen molar-refractivity contribution in [1.82, 2.24) is 9.80 Å². The van der Waals surface area contributed by atoms with Crippen molar-refractivity contribution in [2.24, 2.45) is 0 Å². The fourth-order valence-corrected chi connectivity index (χ4v) is 4.02. The molecule has 32 heavy (non-hydrogen) atoms. The molecule has 3 amide bonds. The standard InChI is InChI=1S/C23H32N2O7/c1-22(2,3)32-21(29)25-17(14-31-23(25,4)5)12-18(26)19(27)24-16(13-30-20(24)28)11-15-9-7-6-8-10-15/h6-10,16-18,26H,11-14H2,1-5H3/t16-,17-,18-/m0/s1. The topological polar surface area (TPSA) is 106 Å². The molecule has 3 atom stereocenters. The van der Waals surface area contributed by atoms with Gasteiger partial charge < -0.3 is 19.3 Å². The smallest absolute Gasteiger partial charge is 0.417 e. The van der Waals surface area contributed by atoms with Crippen LogP contribution < -0.4 is 0 Å². The third kappa shape index (κ3) is 5.39. The first-order chi connectivity index (χ1) is 14.9. The number of imide groups is 1. The van der Waals surface area contributed by atoms with Crippen molar-refractivity contribution in [2.75, 3.05) is 13.2 Å². The third-order valence-electron chi connectivity index (χ3n) is 5.46. The lowest BCUT2D eigenvalue weighted by Gasteiger charge is -2.35. The Morgan fingerprint density at radius 2 is 1.84 bits per heavy atom. The van der Waals surface area contributed by atoms with Gasteiger partial charge in [-0.1, -0.05) is 30.3 Å². The summed E-state index contributed by atoms with van der Waals surface area (Å²) in [6.07, 6.45) is -2.54. The van der Waals surface area contributed by atoms with E-state index >= 15 is 0 Å². The Morgan fingerprint density at radius 3 is 2.47 bits per heavy atom. The van der Waals surface area contributed by atoms with Crippen LogP contribution in [0.15, 0.2) is 30.3 Å². The van der Waals surface area contributed by atoms with Crippen LogP contribution in [0.25, 0.3) is 0 Å². The molecule has 2 aliphatic rings. The molecule has 1 N–H and O–H groups in total. The zero-order valence-corrected chi connectivity index (χ0v) is 19.2. The van der Waals surface area contributed by atoms with Crippen LogP contribution in [-0.2, 0) is 25.4 Å². The number of aliphatic hydroxyl groups is 1. The van der Waals surface area contributed by atoms with Crippen molar-refractivity contribution >= 4 is 18.1 Å². The van der Waals surface area contributed by atoms with Crippen LogP contribution in [-0.4, -0.2) is 75.7 Å². The molecule has 0 aromatic heterocycles. The number of cyclic esters (lactones) is 1. The van der Waals surface area contributed by atoms with Crippen molar-refractivity contribution in [3.63, 3.8) is 0 Å². The molecule has 176 valence electrons. The van der Waals surface area contributed by atoms with Gasteiger partial charge in [0.1, 0.15) is 24.0 Å². The van der Waals surface area contributed by atoms with Crippen LogP contribution in [0.4, 0.5) is 9.59 Å². The van der Waals surface area contributed by atoms with Gasteiger partial charge in [-0.25, -0.2) is 14.5 Å². The number of carbonyl (C=O) groups is 3. The van der Waals surface area contributed by atoms with Crippen LogP contribution in [0.3, 0.4) is 0 Å². The average Bonchev–Trinajstić information content (AvgIpc) is 3.19. The summed E-state index contributed by atoms with van der Waals surface area (Å²) in [7, 11) is 0. The predicted molar refractivity (Wildman–Crippen MR) is 115 cm³/mol. The van der Waals surface area contributed by atoms with Crippen LogP contribution in [0.5, 0.6) is 0 Å². The maximum absolute atomic E-state index is 13.0. The van der Waals surface area contributed by atoms with Crippen LogP contribution in [0, 0.1) is 0 Å². The molecule has 0 unspecified atom stereocenters. The Labute approximate surface area is 188 Å². The van der Waals surface area contributed by atoms with Gasteiger partial charge in [0.15, 0.2) is 0 Å². The number of aliphatic hydroxyl groups excluding tert-OH is 1. The average molecular weight is 449 g/mol. The van der Waals surface area contributed by atoms with E-state index in [1.807, 2.05) is 30.3 Å². The number of benzene rings is 1. The fraction of sp³-hybridized carbons (Fsp3) is 0.609. The molecule has 0 aliphatic carbocycles. The molecule has 0 bridgehead atoms. The Kier molecular flexibility index (Phi) is 6.80. The highest BCUT2D eigenvalue weighted by atomic mass is 16.6. The van der Waals surface area contributed by atoms with Gasteiger partial charge in [-0.2, -0.15) is 0 Å². The highest BCUT2D eigenvalue weighted by Crippen LogP contribution is 2.32. The summed E-state index contributed by atoms with van der Waals surface area (Å²) in [5.41, 5.74) is -0.721. The van der Waals surface area contributed by atoms with Crippen molar-refractivity contribution in [2.45, 2.75) is 77.0 Å². The van der Waals surface area contributed by atoms with E-state index in [2.05, 4.69) is 0 Å². The van der Waals surface area contributed by atoms with Crippen LogP contribution in [0.2, 0.25) is 0 Å². The molecular weight excluding hydrogens is 416 g/mol. The first-order valence-corrected chi connectivity index (χ1v) is 10.8. The molecule has 0 spiro atoms. The molecule has 0 saturated carbocycles. The fourth-order valence-electron chi connectivity index (χ4n) is 4.02. The summed E-state index contributed by atoms with van der Waals surface area (Å²) in [5.74, 6) is -0.748. The quantitative estimate of drug-likeness (QED) is 0.738. The van der Waals surface area contributed by atoms with Crippen LogP contribution in [0.1, 0.15) is 46.6 Å². The number of hydrogen-bond donors (Lipinski definition) is 1. The first-order valence-electron chi connectivity index (χ1n) is 10.8. The van der Waals surface area contributed by atoms with Crippen LogP contribution >= 0.6 is 0 Å². The second-order valence-corrected chi connectivity index (χ2v) is 9.64. The van der Waals surface area contributed by atoms with Crippen molar-refractivity contribution in [1.29, 1.82) is 0 Å². The zero-order chi connectivity index (χ0) is 23.7. The molecule has 2 fully saturated rings. The van der Waals surface area contributed by atoms with Crippen molar-refractivity contribution in [3.05, 3.63) is 35.9 Å². The van der Waals surface area contributed by atoms with Gasteiger partial charge in [0.05, 0.1) is 18.7 Å². The van der Waals surface area contributed by atoms with Gasteiger partial charge in [-0.3, -0.25) is 9.69 Å². The summed E-state index contributed by atoms with van der Waals surface area (Å²) < 4.78 is 16.3. The maximum atomic E-state index is 13.0. The zero-order valence-electron chi connectivity index (χ0n) is 19.2.